The van der Waals surface area contributed by atoms with Crippen LogP contribution >= 0.6 is 11.8 Å². The molecule has 84 valence electrons. The van der Waals surface area contributed by atoms with Crippen LogP contribution in [-0.4, -0.2) is 32.4 Å². The maximum atomic E-state index is 10.5. The normalized spacial score (nSPS) is 12.7. The van der Waals surface area contributed by atoms with Crippen molar-refractivity contribution in [3.63, 3.8) is 0 Å². The van der Waals surface area contributed by atoms with E-state index in [1.807, 2.05) is 11.5 Å². The van der Waals surface area contributed by atoms with Gasteiger partial charge in [-0.15, -0.1) is 0 Å². The van der Waals surface area contributed by atoms with Crippen molar-refractivity contribution in [1.82, 2.24) is 9.55 Å². The molecule has 0 saturated heterocycles. The highest BCUT2D eigenvalue weighted by Crippen LogP contribution is 2.12. The Morgan fingerprint density at radius 2 is 2.53 bits per heavy atom. The summed E-state index contributed by atoms with van der Waals surface area (Å²) in [5.41, 5.74) is 6.48. The van der Waals surface area contributed by atoms with E-state index in [1.165, 1.54) is 11.8 Å². The van der Waals surface area contributed by atoms with Gasteiger partial charge in [0.05, 0.1) is 6.33 Å². The molecule has 3 N–H and O–H groups in total. The number of carboxylic acids is 1. The van der Waals surface area contributed by atoms with Gasteiger partial charge in [0.15, 0.2) is 0 Å². The summed E-state index contributed by atoms with van der Waals surface area (Å²) >= 11 is 1.51. The van der Waals surface area contributed by atoms with Gasteiger partial charge < -0.3 is 15.4 Å². The molecule has 15 heavy (non-hydrogen) atoms. The Kier molecular flexibility index (Phi) is 4.64. The Morgan fingerprint density at radius 1 is 1.80 bits per heavy atom. The largest absolute Gasteiger partial charge is 0.480 e. The minimum Gasteiger partial charge on any atom is -0.480 e. The summed E-state index contributed by atoms with van der Waals surface area (Å²) in [6, 6.07) is -0.784. The Hall–Kier alpha value is -1.01. The van der Waals surface area contributed by atoms with E-state index in [1.54, 1.807) is 12.5 Å². The molecule has 0 amide bonds. The second kappa shape index (κ2) is 5.77. The molecule has 1 heterocycles. The van der Waals surface area contributed by atoms with E-state index in [9.17, 15) is 4.79 Å². The summed E-state index contributed by atoms with van der Waals surface area (Å²) in [6.07, 6.45) is 3.57. The number of thioether (sulfide) groups is 1. The maximum absolute atomic E-state index is 10.5. The molecule has 5 nitrogen and oxygen atoms in total. The molecule has 1 aromatic heterocycles. The fourth-order valence-electron chi connectivity index (χ4n) is 1.11. The van der Waals surface area contributed by atoms with Gasteiger partial charge in [-0.25, -0.2) is 4.98 Å². The molecule has 0 aliphatic rings. The quantitative estimate of drug-likeness (QED) is 0.744. The minimum atomic E-state index is -0.952. The lowest BCUT2D eigenvalue weighted by Crippen LogP contribution is -2.32. The van der Waals surface area contributed by atoms with Crippen molar-refractivity contribution in [2.45, 2.75) is 25.3 Å². The van der Waals surface area contributed by atoms with Crippen LogP contribution in [0.1, 0.15) is 12.6 Å². The van der Waals surface area contributed by atoms with Crippen molar-refractivity contribution in [3.05, 3.63) is 18.2 Å². The van der Waals surface area contributed by atoms with Crippen molar-refractivity contribution in [1.29, 1.82) is 0 Å². The first kappa shape index (κ1) is 12.1. The number of imidazole rings is 1. The van der Waals surface area contributed by atoms with Crippen LogP contribution in [0.3, 0.4) is 0 Å². The highest BCUT2D eigenvalue weighted by molar-refractivity contribution is 7.98. The van der Waals surface area contributed by atoms with Crippen molar-refractivity contribution in [2.24, 2.45) is 5.73 Å². The summed E-state index contributed by atoms with van der Waals surface area (Å²) in [5, 5.41) is 8.58. The SMILES string of the molecule is CCn1cncc1CSC[C@H](N)C(=O)O. The second-order valence-corrected chi connectivity index (χ2v) is 4.16. The molecule has 0 aliphatic carbocycles. The number of carboxylic acid groups (broad SMARTS) is 1. The Morgan fingerprint density at radius 3 is 3.13 bits per heavy atom. The van der Waals surface area contributed by atoms with Crippen molar-refractivity contribution in [3.8, 4) is 0 Å². The molecular formula is C9H15N3O2S. The summed E-state index contributed by atoms with van der Waals surface area (Å²) < 4.78 is 2.03. The first-order valence-electron chi connectivity index (χ1n) is 4.70. The standard InChI is InChI=1S/C9H15N3O2S/c1-2-12-6-11-3-7(12)4-15-5-8(10)9(13)14/h3,6,8H,2,4-5,10H2,1H3,(H,13,14)/t8-/m0/s1. The van der Waals surface area contributed by atoms with Crippen molar-refractivity contribution < 1.29 is 9.90 Å². The lowest BCUT2D eigenvalue weighted by atomic mass is 10.4. The van der Waals surface area contributed by atoms with E-state index >= 15 is 0 Å². The molecular weight excluding hydrogens is 214 g/mol. The van der Waals surface area contributed by atoms with Gasteiger partial charge in [-0.1, -0.05) is 0 Å². The molecule has 0 bridgehead atoms. The third-order valence-electron chi connectivity index (χ3n) is 2.00. The van der Waals surface area contributed by atoms with E-state index in [2.05, 4.69) is 4.98 Å². The number of hydrogen-bond acceptors (Lipinski definition) is 4. The zero-order valence-electron chi connectivity index (χ0n) is 8.59. The van der Waals surface area contributed by atoms with Crippen LogP contribution in [0, 0.1) is 0 Å². The highest BCUT2D eigenvalue weighted by atomic mass is 32.2. The monoisotopic (exact) mass is 229 g/mol. The first-order valence-corrected chi connectivity index (χ1v) is 5.85. The van der Waals surface area contributed by atoms with Crippen molar-refractivity contribution in [2.75, 3.05) is 5.75 Å². The molecule has 0 aromatic carbocycles. The average Bonchev–Trinajstić information content (AvgIpc) is 2.65. The third-order valence-corrected chi connectivity index (χ3v) is 3.10. The van der Waals surface area contributed by atoms with Gasteiger partial charge >= 0.3 is 5.97 Å². The van der Waals surface area contributed by atoms with Gasteiger partial charge in [0, 0.05) is 29.9 Å². The molecule has 1 atom stereocenters. The number of nitrogens with two attached hydrogens (primary N) is 1. The zero-order valence-corrected chi connectivity index (χ0v) is 9.41. The Balaban J connectivity index is 2.34. The molecule has 1 aromatic rings. The van der Waals surface area contributed by atoms with Crippen LogP contribution in [0.15, 0.2) is 12.5 Å². The van der Waals surface area contributed by atoms with Crippen LogP contribution in [0.5, 0.6) is 0 Å². The molecule has 0 radical (unpaired) electrons. The number of nitrogens with zero attached hydrogens (tertiary/aromatic N) is 2. The number of rotatable bonds is 6. The van der Waals surface area contributed by atoms with Gasteiger partial charge in [-0.05, 0) is 6.92 Å². The molecule has 0 spiro atoms. The molecule has 6 heteroatoms. The lowest BCUT2D eigenvalue weighted by molar-refractivity contribution is -0.137. The fraction of sp³-hybridized carbons (Fsp3) is 0.556. The zero-order chi connectivity index (χ0) is 11.3. The van der Waals surface area contributed by atoms with Gasteiger partial charge in [-0.3, -0.25) is 4.79 Å². The van der Waals surface area contributed by atoms with Crippen LogP contribution in [-0.2, 0) is 17.1 Å². The Bertz CT molecular complexity index is 327. The second-order valence-electron chi connectivity index (χ2n) is 3.13. The van der Waals surface area contributed by atoms with E-state index in [0.29, 0.717) is 5.75 Å². The smallest absolute Gasteiger partial charge is 0.321 e. The molecule has 1 rings (SSSR count). The molecule has 0 unspecified atom stereocenters. The number of carbonyl (C=O) groups is 1. The van der Waals surface area contributed by atoms with E-state index in [-0.39, 0.29) is 0 Å². The van der Waals surface area contributed by atoms with Gasteiger partial charge in [0.25, 0.3) is 0 Å². The van der Waals surface area contributed by atoms with Crippen LogP contribution < -0.4 is 5.73 Å². The number of aromatic nitrogens is 2. The molecule has 0 saturated carbocycles. The maximum Gasteiger partial charge on any atom is 0.321 e. The van der Waals surface area contributed by atoms with Crippen LogP contribution in [0.4, 0.5) is 0 Å². The number of aliphatic carboxylic acids is 1. The Labute approximate surface area is 92.7 Å². The summed E-state index contributed by atoms with van der Waals surface area (Å²) in [6.45, 7) is 2.92. The minimum absolute atomic E-state index is 0.421. The fourth-order valence-corrected chi connectivity index (χ4v) is 2.08. The number of hydrogen-bond donors (Lipinski definition) is 2. The average molecular weight is 229 g/mol. The summed E-state index contributed by atoms with van der Waals surface area (Å²) in [4.78, 5) is 14.5. The van der Waals surface area contributed by atoms with Crippen LogP contribution in [0.25, 0.3) is 0 Å². The van der Waals surface area contributed by atoms with E-state index in [0.717, 1.165) is 18.0 Å². The lowest BCUT2D eigenvalue weighted by Gasteiger charge is -2.07. The van der Waals surface area contributed by atoms with Crippen molar-refractivity contribution >= 4 is 17.7 Å². The van der Waals surface area contributed by atoms with Gasteiger partial charge in [0.1, 0.15) is 6.04 Å². The first-order chi connectivity index (χ1) is 7.15. The summed E-state index contributed by atoms with van der Waals surface area (Å²) in [7, 11) is 0. The van der Waals surface area contributed by atoms with Gasteiger partial charge in [0.2, 0.25) is 0 Å². The summed E-state index contributed by atoms with van der Waals surface area (Å²) in [5.74, 6) is 0.213. The molecule has 0 aliphatic heterocycles. The third kappa shape index (κ3) is 3.56. The predicted octanol–water partition coefficient (Wildman–Crippen LogP) is 0.548. The highest BCUT2D eigenvalue weighted by Gasteiger charge is 2.11. The van der Waals surface area contributed by atoms with Crippen LogP contribution in [0.2, 0.25) is 0 Å². The van der Waals surface area contributed by atoms with Gasteiger partial charge in [-0.2, -0.15) is 11.8 Å². The topological polar surface area (TPSA) is 81.1 Å². The predicted molar refractivity (Wildman–Crippen MR) is 59.7 cm³/mol. The molecule has 0 fully saturated rings. The van der Waals surface area contributed by atoms with E-state index < -0.39 is 12.0 Å². The van der Waals surface area contributed by atoms with E-state index in [4.69, 9.17) is 10.8 Å². The number of aryl methyl sites for hydroxylation is 1.